The first-order valence-corrected chi connectivity index (χ1v) is 7.68. The molecule has 3 N–H and O–H groups in total. The van der Waals surface area contributed by atoms with Crippen LogP contribution in [0.4, 0.5) is 0 Å². The molecule has 1 rings (SSSR count). The highest BCUT2D eigenvalue weighted by Gasteiger charge is 2.14. The summed E-state index contributed by atoms with van der Waals surface area (Å²) in [4.78, 5) is 10.6. The minimum absolute atomic E-state index is 0.482. The lowest BCUT2D eigenvalue weighted by atomic mass is 10.2. The SMILES string of the molecule is CCc1nn(C)c(CSCCC(N)C(=O)O)c1Br. The summed E-state index contributed by atoms with van der Waals surface area (Å²) in [6.45, 7) is 2.07. The topological polar surface area (TPSA) is 81.1 Å². The molecule has 0 aliphatic carbocycles. The van der Waals surface area contributed by atoms with E-state index in [1.165, 1.54) is 0 Å². The predicted octanol–water partition coefficient (Wildman–Crippen LogP) is 1.78. The van der Waals surface area contributed by atoms with Gasteiger partial charge in [-0.2, -0.15) is 16.9 Å². The highest BCUT2D eigenvalue weighted by molar-refractivity contribution is 9.10. The molecule has 5 nitrogen and oxygen atoms in total. The van der Waals surface area contributed by atoms with Crippen molar-refractivity contribution in [1.29, 1.82) is 0 Å². The summed E-state index contributed by atoms with van der Waals surface area (Å²) in [7, 11) is 1.92. The van der Waals surface area contributed by atoms with E-state index in [2.05, 4.69) is 28.0 Å². The molecule has 0 amide bonds. The van der Waals surface area contributed by atoms with Crippen molar-refractivity contribution in [2.45, 2.75) is 31.6 Å². The lowest BCUT2D eigenvalue weighted by Gasteiger charge is -2.06. The maximum absolute atomic E-state index is 10.6. The first kappa shape index (κ1) is 15.5. The van der Waals surface area contributed by atoms with Gasteiger partial charge >= 0.3 is 5.97 Å². The predicted molar refractivity (Wildman–Crippen MR) is 76.7 cm³/mol. The van der Waals surface area contributed by atoms with Crippen LogP contribution >= 0.6 is 27.7 Å². The zero-order chi connectivity index (χ0) is 13.7. The van der Waals surface area contributed by atoms with Crippen molar-refractivity contribution in [2.75, 3.05) is 5.75 Å². The van der Waals surface area contributed by atoms with Gasteiger partial charge in [-0.25, -0.2) is 0 Å². The Kier molecular flexibility index (Phi) is 6.17. The second-order valence-corrected chi connectivity index (χ2v) is 5.87. The van der Waals surface area contributed by atoms with Gasteiger partial charge in [0.15, 0.2) is 0 Å². The molecule has 1 aromatic rings. The molecular formula is C11H18BrN3O2S. The van der Waals surface area contributed by atoms with E-state index in [1.54, 1.807) is 11.8 Å². The molecule has 0 saturated carbocycles. The van der Waals surface area contributed by atoms with Crippen LogP contribution in [0, 0.1) is 0 Å². The highest BCUT2D eigenvalue weighted by atomic mass is 79.9. The van der Waals surface area contributed by atoms with E-state index < -0.39 is 12.0 Å². The van der Waals surface area contributed by atoms with Gasteiger partial charge in [-0.15, -0.1) is 0 Å². The van der Waals surface area contributed by atoms with E-state index >= 15 is 0 Å². The molecule has 0 aliphatic rings. The van der Waals surface area contributed by atoms with Crippen LogP contribution in [0.3, 0.4) is 0 Å². The Hall–Kier alpha value is -0.530. The first-order chi connectivity index (χ1) is 8.47. The van der Waals surface area contributed by atoms with E-state index in [0.717, 1.165) is 33.8 Å². The maximum Gasteiger partial charge on any atom is 0.320 e. The van der Waals surface area contributed by atoms with Crippen LogP contribution in [0.1, 0.15) is 24.7 Å². The fourth-order valence-electron chi connectivity index (χ4n) is 1.48. The largest absolute Gasteiger partial charge is 0.480 e. The summed E-state index contributed by atoms with van der Waals surface area (Å²) in [5, 5.41) is 13.1. The zero-order valence-corrected chi connectivity index (χ0v) is 12.9. The quantitative estimate of drug-likeness (QED) is 0.742. The molecular weight excluding hydrogens is 318 g/mol. The van der Waals surface area contributed by atoms with Gasteiger partial charge in [0.2, 0.25) is 0 Å². The van der Waals surface area contributed by atoms with Gasteiger partial charge in [-0.05, 0) is 34.5 Å². The van der Waals surface area contributed by atoms with Gasteiger partial charge < -0.3 is 10.8 Å². The second-order valence-electron chi connectivity index (χ2n) is 3.97. The summed E-state index contributed by atoms with van der Waals surface area (Å²) >= 11 is 5.22. The molecule has 1 heterocycles. The van der Waals surface area contributed by atoms with E-state index in [0.29, 0.717) is 6.42 Å². The van der Waals surface area contributed by atoms with Gasteiger partial charge in [0, 0.05) is 12.8 Å². The average molecular weight is 336 g/mol. The molecule has 0 aromatic carbocycles. The number of aliphatic carboxylic acids is 1. The van der Waals surface area contributed by atoms with Crippen molar-refractivity contribution in [1.82, 2.24) is 9.78 Å². The summed E-state index contributed by atoms with van der Waals surface area (Å²) in [6.07, 6.45) is 1.37. The van der Waals surface area contributed by atoms with Crippen molar-refractivity contribution in [3.05, 3.63) is 15.9 Å². The highest BCUT2D eigenvalue weighted by Crippen LogP contribution is 2.25. The van der Waals surface area contributed by atoms with Crippen molar-refractivity contribution < 1.29 is 9.90 Å². The van der Waals surface area contributed by atoms with E-state index in [-0.39, 0.29) is 0 Å². The lowest BCUT2D eigenvalue weighted by Crippen LogP contribution is -2.30. The van der Waals surface area contributed by atoms with E-state index in [9.17, 15) is 4.79 Å². The third-order valence-corrected chi connectivity index (χ3v) is 4.55. The fourth-order valence-corrected chi connectivity index (χ4v) is 3.51. The molecule has 0 aliphatic heterocycles. The molecule has 18 heavy (non-hydrogen) atoms. The number of nitrogens with zero attached hydrogens (tertiary/aromatic N) is 2. The van der Waals surface area contributed by atoms with Crippen LogP contribution in [0.15, 0.2) is 4.47 Å². The standard InChI is InChI=1S/C11H18BrN3O2S/c1-3-8-10(12)9(15(2)14-8)6-18-5-4-7(13)11(16)17/h7H,3-6,13H2,1-2H3,(H,16,17). The number of rotatable bonds is 7. The van der Waals surface area contributed by atoms with Gasteiger partial charge in [-0.1, -0.05) is 6.92 Å². The van der Waals surface area contributed by atoms with Crippen LogP contribution < -0.4 is 5.73 Å². The number of carboxylic acid groups (broad SMARTS) is 1. The number of aryl methyl sites for hydroxylation is 2. The Bertz CT molecular complexity index is 423. The molecule has 0 saturated heterocycles. The van der Waals surface area contributed by atoms with Crippen molar-refractivity contribution >= 4 is 33.7 Å². The minimum atomic E-state index is -0.939. The molecule has 0 fully saturated rings. The second kappa shape index (κ2) is 7.16. The Balaban J connectivity index is 2.45. The van der Waals surface area contributed by atoms with Crippen molar-refractivity contribution in [3.8, 4) is 0 Å². The number of thioether (sulfide) groups is 1. The molecule has 0 radical (unpaired) electrons. The molecule has 1 unspecified atom stereocenters. The normalized spacial score (nSPS) is 12.7. The number of halogens is 1. The fraction of sp³-hybridized carbons (Fsp3) is 0.636. The summed E-state index contributed by atoms with van der Waals surface area (Å²) < 4.78 is 2.93. The summed E-state index contributed by atoms with van der Waals surface area (Å²) in [5.74, 6) is 0.591. The van der Waals surface area contributed by atoms with Gasteiger partial charge in [0.25, 0.3) is 0 Å². The summed E-state index contributed by atoms with van der Waals surface area (Å²) in [5.41, 5.74) is 7.62. The lowest BCUT2D eigenvalue weighted by molar-refractivity contribution is -0.138. The molecule has 102 valence electrons. The number of nitrogens with two attached hydrogens (primary N) is 1. The first-order valence-electron chi connectivity index (χ1n) is 5.73. The molecule has 1 aromatic heterocycles. The van der Waals surface area contributed by atoms with Crippen LogP contribution in [-0.2, 0) is 24.0 Å². The van der Waals surface area contributed by atoms with Crippen molar-refractivity contribution in [3.63, 3.8) is 0 Å². The molecule has 7 heteroatoms. The number of hydrogen-bond acceptors (Lipinski definition) is 4. The number of aromatic nitrogens is 2. The number of hydrogen-bond donors (Lipinski definition) is 2. The Morgan fingerprint density at radius 1 is 1.67 bits per heavy atom. The van der Waals surface area contributed by atoms with E-state index in [1.807, 2.05) is 11.7 Å². The van der Waals surface area contributed by atoms with Crippen molar-refractivity contribution in [2.24, 2.45) is 12.8 Å². The van der Waals surface area contributed by atoms with E-state index in [4.69, 9.17) is 10.8 Å². The van der Waals surface area contributed by atoms with Gasteiger partial charge in [0.1, 0.15) is 6.04 Å². The van der Waals surface area contributed by atoms with Gasteiger partial charge in [-0.3, -0.25) is 9.48 Å². The molecule has 1 atom stereocenters. The Labute approximate surface area is 119 Å². The zero-order valence-electron chi connectivity index (χ0n) is 10.5. The third-order valence-electron chi connectivity index (χ3n) is 2.63. The maximum atomic E-state index is 10.6. The van der Waals surface area contributed by atoms with Crippen LogP contribution in [0.2, 0.25) is 0 Å². The average Bonchev–Trinajstić information content (AvgIpc) is 2.60. The van der Waals surface area contributed by atoms with Crippen LogP contribution in [0.5, 0.6) is 0 Å². The minimum Gasteiger partial charge on any atom is -0.480 e. The Morgan fingerprint density at radius 3 is 2.83 bits per heavy atom. The smallest absolute Gasteiger partial charge is 0.320 e. The van der Waals surface area contributed by atoms with Gasteiger partial charge in [0.05, 0.1) is 15.9 Å². The summed E-state index contributed by atoms with van der Waals surface area (Å²) in [6, 6.07) is -0.765. The Morgan fingerprint density at radius 2 is 2.33 bits per heavy atom. The monoisotopic (exact) mass is 335 g/mol. The number of carbonyl (C=O) groups is 1. The molecule has 0 spiro atoms. The number of carboxylic acids is 1. The van der Waals surface area contributed by atoms with Crippen LogP contribution in [0.25, 0.3) is 0 Å². The third kappa shape index (κ3) is 4.00. The van der Waals surface area contributed by atoms with Crippen LogP contribution in [-0.4, -0.2) is 32.7 Å². The molecule has 0 bridgehead atoms.